The highest BCUT2D eigenvalue weighted by molar-refractivity contribution is 6.42. The fourth-order valence-electron chi connectivity index (χ4n) is 3.99. The predicted octanol–water partition coefficient (Wildman–Crippen LogP) is -1.62. The SMILES string of the molecule is BC1(B)CCc2cc3c(c(N=C=O)c21)C(B)(B)CC3. The van der Waals surface area contributed by atoms with Crippen LogP contribution in [-0.2, 0) is 28.1 Å². The minimum absolute atomic E-state index is 0.124. The monoisotopic (exact) mass is 247 g/mol. The lowest BCUT2D eigenvalue weighted by Crippen LogP contribution is -2.27. The highest BCUT2D eigenvalue weighted by Crippen LogP contribution is 2.49. The summed E-state index contributed by atoms with van der Waals surface area (Å²) in [6.45, 7) is 0. The standard InChI is InChI=1S/C13H17B4NO/c14-12(15)3-1-7-5-8-2-4-13(16,17)10(8)11(9(7)12)18-6-19/h5H,1-4,14-17H2. The number of hydrogen-bond acceptors (Lipinski definition) is 2. The van der Waals surface area contributed by atoms with Crippen molar-refractivity contribution in [3.63, 3.8) is 0 Å². The first-order valence-electron chi connectivity index (χ1n) is 7.14. The normalized spacial score (nSPS) is 21.5. The first kappa shape index (κ1) is 12.9. The summed E-state index contributed by atoms with van der Waals surface area (Å²) in [5, 5.41) is 0.247. The van der Waals surface area contributed by atoms with Crippen molar-refractivity contribution in [3.8, 4) is 0 Å². The lowest BCUT2D eigenvalue weighted by Gasteiger charge is -2.27. The molecule has 0 saturated heterocycles. The number of fused-ring (bicyclic) bond motifs is 2. The summed E-state index contributed by atoms with van der Waals surface area (Å²) in [7, 11) is 9.04. The summed E-state index contributed by atoms with van der Waals surface area (Å²) >= 11 is 0. The fourth-order valence-corrected chi connectivity index (χ4v) is 3.99. The average molecular weight is 247 g/mol. The zero-order valence-electron chi connectivity index (χ0n) is 12.3. The second kappa shape index (κ2) is 3.93. The minimum Gasteiger partial charge on any atom is -0.211 e. The summed E-state index contributed by atoms with van der Waals surface area (Å²) in [4.78, 5) is 15.0. The van der Waals surface area contributed by atoms with E-state index in [4.69, 9.17) is 0 Å². The zero-order valence-corrected chi connectivity index (χ0v) is 12.3. The van der Waals surface area contributed by atoms with Crippen LogP contribution in [0.15, 0.2) is 11.1 Å². The summed E-state index contributed by atoms with van der Waals surface area (Å²) in [6, 6.07) is 2.37. The fraction of sp³-hybridized carbons (Fsp3) is 0.462. The summed E-state index contributed by atoms with van der Waals surface area (Å²) in [6.07, 6.45) is 6.30. The number of hydrogen-bond donors (Lipinski definition) is 0. The van der Waals surface area contributed by atoms with Crippen LogP contribution in [0.4, 0.5) is 5.69 Å². The van der Waals surface area contributed by atoms with Crippen molar-refractivity contribution in [1.29, 1.82) is 0 Å². The van der Waals surface area contributed by atoms with Crippen molar-refractivity contribution in [2.45, 2.75) is 36.1 Å². The van der Waals surface area contributed by atoms with Gasteiger partial charge in [0, 0.05) is 0 Å². The smallest absolute Gasteiger partial charge is 0.211 e. The van der Waals surface area contributed by atoms with Crippen LogP contribution >= 0.6 is 0 Å². The quantitative estimate of drug-likeness (QED) is 0.333. The maximum Gasteiger partial charge on any atom is 0.240 e. The van der Waals surface area contributed by atoms with E-state index in [1.165, 1.54) is 22.3 Å². The van der Waals surface area contributed by atoms with E-state index in [1.54, 1.807) is 6.08 Å². The van der Waals surface area contributed by atoms with Gasteiger partial charge in [0.1, 0.15) is 31.4 Å². The molecular formula is C13H17B4NO. The number of isocyanates is 1. The zero-order chi connectivity index (χ0) is 13.8. The van der Waals surface area contributed by atoms with Crippen LogP contribution in [0.1, 0.15) is 35.1 Å². The number of aryl methyl sites for hydroxylation is 2. The highest BCUT2D eigenvalue weighted by Gasteiger charge is 2.40. The Morgan fingerprint density at radius 2 is 1.47 bits per heavy atom. The molecule has 0 unspecified atom stereocenters. The van der Waals surface area contributed by atoms with E-state index in [-0.39, 0.29) is 10.4 Å². The molecule has 1 aromatic rings. The van der Waals surface area contributed by atoms with Crippen molar-refractivity contribution >= 4 is 43.2 Å². The molecular weight excluding hydrogens is 229 g/mol. The molecule has 0 amide bonds. The van der Waals surface area contributed by atoms with Gasteiger partial charge in [0.2, 0.25) is 6.08 Å². The average Bonchev–Trinajstić information content (AvgIpc) is 2.78. The Morgan fingerprint density at radius 3 is 1.89 bits per heavy atom. The molecule has 0 aliphatic heterocycles. The van der Waals surface area contributed by atoms with Gasteiger partial charge in [-0.15, -0.1) is 0 Å². The second-order valence-electron chi connectivity index (χ2n) is 7.26. The molecule has 0 spiro atoms. The van der Waals surface area contributed by atoms with Gasteiger partial charge in [0.05, 0.1) is 5.69 Å². The van der Waals surface area contributed by atoms with Crippen LogP contribution in [-0.4, -0.2) is 37.5 Å². The van der Waals surface area contributed by atoms with E-state index in [9.17, 15) is 4.79 Å². The van der Waals surface area contributed by atoms with Gasteiger partial charge in [-0.25, -0.2) is 4.79 Å². The third-order valence-corrected chi connectivity index (χ3v) is 5.01. The first-order chi connectivity index (χ1) is 8.87. The Labute approximate surface area is 118 Å². The van der Waals surface area contributed by atoms with Crippen molar-refractivity contribution < 1.29 is 4.79 Å². The molecule has 0 heterocycles. The van der Waals surface area contributed by atoms with Crippen LogP contribution in [0.3, 0.4) is 0 Å². The molecule has 2 nitrogen and oxygen atoms in total. The lowest BCUT2D eigenvalue weighted by atomic mass is 9.48. The van der Waals surface area contributed by atoms with E-state index in [0.29, 0.717) is 0 Å². The topological polar surface area (TPSA) is 29.4 Å². The van der Waals surface area contributed by atoms with Gasteiger partial charge in [0.15, 0.2) is 0 Å². The maximum atomic E-state index is 10.9. The minimum atomic E-state index is 0.124. The number of benzene rings is 1. The second-order valence-corrected chi connectivity index (χ2v) is 7.26. The number of aliphatic imine (C=N–C) groups is 1. The van der Waals surface area contributed by atoms with Crippen molar-refractivity contribution in [3.05, 3.63) is 28.3 Å². The highest BCUT2D eigenvalue weighted by atomic mass is 16.1. The van der Waals surface area contributed by atoms with Gasteiger partial charge < -0.3 is 0 Å². The third-order valence-electron chi connectivity index (χ3n) is 5.01. The van der Waals surface area contributed by atoms with E-state index >= 15 is 0 Å². The van der Waals surface area contributed by atoms with Crippen LogP contribution in [0.25, 0.3) is 0 Å². The molecule has 0 aromatic heterocycles. The van der Waals surface area contributed by atoms with E-state index < -0.39 is 0 Å². The third kappa shape index (κ3) is 1.77. The van der Waals surface area contributed by atoms with Crippen LogP contribution < -0.4 is 0 Å². The van der Waals surface area contributed by atoms with E-state index in [2.05, 4.69) is 42.4 Å². The molecule has 0 saturated carbocycles. The summed E-state index contributed by atoms with van der Waals surface area (Å²) in [5.41, 5.74) is 6.33. The molecule has 1 aromatic carbocycles. The Balaban J connectivity index is 2.38. The number of carbonyl (C=O) groups excluding carboxylic acids is 1. The van der Waals surface area contributed by atoms with Crippen LogP contribution in [0.2, 0.25) is 0 Å². The Bertz CT molecular complexity index is 575. The molecule has 0 radical (unpaired) electrons. The van der Waals surface area contributed by atoms with Gasteiger partial charge in [-0.2, -0.15) is 4.99 Å². The van der Waals surface area contributed by atoms with Crippen LogP contribution in [0.5, 0.6) is 0 Å². The van der Waals surface area contributed by atoms with E-state index in [0.717, 1.165) is 31.4 Å². The summed E-state index contributed by atoms with van der Waals surface area (Å²) in [5.74, 6) is 0. The molecule has 92 valence electrons. The molecule has 2 aliphatic carbocycles. The largest absolute Gasteiger partial charge is 0.240 e. The molecule has 0 bridgehead atoms. The van der Waals surface area contributed by atoms with Crippen molar-refractivity contribution in [1.82, 2.24) is 0 Å². The van der Waals surface area contributed by atoms with Gasteiger partial charge >= 0.3 is 0 Å². The van der Waals surface area contributed by atoms with Crippen molar-refractivity contribution in [2.75, 3.05) is 0 Å². The Kier molecular flexibility index (Phi) is 2.66. The van der Waals surface area contributed by atoms with Gasteiger partial charge in [-0.05, 0) is 35.1 Å². The molecule has 0 N–H and O–H groups in total. The molecule has 0 atom stereocenters. The predicted molar refractivity (Wildman–Crippen MR) is 88.4 cm³/mol. The van der Waals surface area contributed by atoms with Crippen LogP contribution in [0, 0.1) is 0 Å². The Hall–Kier alpha value is -1.14. The van der Waals surface area contributed by atoms with Gasteiger partial charge in [0.25, 0.3) is 0 Å². The molecule has 2 aliphatic rings. The van der Waals surface area contributed by atoms with Gasteiger partial charge in [-0.3, -0.25) is 0 Å². The first-order valence-corrected chi connectivity index (χ1v) is 7.14. The molecule has 3 rings (SSSR count). The number of rotatable bonds is 1. The molecule has 6 heteroatoms. The summed E-state index contributed by atoms with van der Waals surface area (Å²) < 4.78 is 0. The Morgan fingerprint density at radius 1 is 1.00 bits per heavy atom. The van der Waals surface area contributed by atoms with E-state index in [1.807, 2.05) is 0 Å². The molecule has 19 heavy (non-hydrogen) atoms. The maximum absolute atomic E-state index is 10.9. The van der Waals surface area contributed by atoms with Gasteiger partial charge in [-0.1, -0.05) is 29.3 Å². The lowest BCUT2D eigenvalue weighted by molar-refractivity contribution is 0.565. The molecule has 0 fully saturated rings. The van der Waals surface area contributed by atoms with Crippen molar-refractivity contribution in [2.24, 2.45) is 4.99 Å². The number of nitrogens with zero attached hydrogens (tertiary/aromatic N) is 1.